The molecule has 0 fully saturated rings. The maximum absolute atomic E-state index is 12.1. The molecule has 1 aromatic carbocycles. The molecule has 7 heteroatoms. The van der Waals surface area contributed by atoms with E-state index in [0.29, 0.717) is 23.8 Å². The topological polar surface area (TPSA) is 104 Å². The summed E-state index contributed by atoms with van der Waals surface area (Å²) in [5.74, 6) is -1.39. The van der Waals surface area contributed by atoms with Crippen LogP contribution in [-0.4, -0.2) is 36.1 Å². The number of rotatable bonds is 11. The zero-order valence-corrected chi connectivity index (χ0v) is 14.7. The molecule has 0 aliphatic heterocycles. The molecule has 0 aliphatic rings. The predicted molar refractivity (Wildman–Crippen MR) is 96.4 cm³/mol. The maximum atomic E-state index is 12.1. The van der Waals surface area contributed by atoms with E-state index in [4.69, 9.17) is 17.3 Å². The number of anilines is 1. The van der Waals surface area contributed by atoms with Gasteiger partial charge in [0.25, 0.3) is 0 Å². The van der Waals surface area contributed by atoms with E-state index in [1.54, 1.807) is 25.1 Å². The van der Waals surface area contributed by atoms with Gasteiger partial charge in [0.15, 0.2) is 0 Å². The zero-order chi connectivity index (χ0) is 17.9. The summed E-state index contributed by atoms with van der Waals surface area (Å²) in [7, 11) is 0. The molecule has 1 rings (SSSR count). The van der Waals surface area contributed by atoms with E-state index in [9.17, 15) is 14.7 Å². The summed E-state index contributed by atoms with van der Waals surface area (Å²) in [6.45, 7) is 3.03. The molecule has 0 heterocycles. The molecule has 0 saturated heterocycles. The number of amides is 1. The Morgan fingerprint density at radius 2 is 1.96 bits per heavy atom. The predicted octanol–water partition coefficient (Wildman–Crippen LogP) is 2.54. The largest absolute Gasteiger partial charge is 0.480 e. The van der Waals surface area contributed by atoms with Crippen LogP contribution in [0.3, 0.4) is 0 Å². The van der Waals surface area contributed by atoms with Crippen LogP contribution < -0.4 is 16.4 Å². The van der Waals surface area contributed by atoms with Gasteiger partial charge in [0, 0.05) is 10.7 Å². The number of carboxylic acid groups (broad SMARTS) is 1. The second-order valence-corrected chi connectivity index (χ2v) is 6.12. The summed E-state index contributed by atoms with van der Waals surface area (Å²) < 4.78 is 0. The standard InChI is InChI=1S/C17H26ClN3O3/c1-12-13(18)7-6-8-14(12)21-16(22)11-15(17(23)24)20-10-5-3-2-4-9-19/h6-8,15,20H,2-5,9-11,19H2,1H3,(H,21,22)(H,23,24)/t15-/m1/s1. The maximum Gasteiger partial charge on any atom is 0.321 e. The lowest BCUT2D eigenvalue weighted by atomic mass is 10.1. The van der Waals surface area contributed by atoms with Gasteiger partial charge in [-0.3, -0.25) is 9.59 Å². The number of nitrogens with one attached hydrogen (secondary N) is 2. The smallest absolute Gasteiger partial charge is 0.321 e. The Bertz CT molecular complexity index is 552. The number of carbonyl (C=O) groups excluding carboxylic acids is 1. The average molecular weight is 356 g/mol. The monoisotopic (exact) mass is 355 g/mol. The second-order valence-electron chi connectivity index (χ2n) is 5.71. The van der Waals surface area contributed by atoms with Gasteiger partial charge in [0.05, 0.1) is 6.42 Å². The lowest BCUT2D eigenvalue weighted by Gasteiger charge is -2.15. The number of aliphatic carboxylic acids is 1. The van der Waals surface area contributed by atoms with Gasteiger partial charge in [0.1, 0.15) is 6.04 Å². The minimum absolute atomic E-state index is 0.135. The molecule has 0 aromatic heterocycles. The third-order valence-electron chi connectivity index (χ3n) is 3.75. The Labute approximate surface area is 147 Å². The average Bonchev–Trinajstić information content (AvgIpc) is 2.53. The molecule has 6 nitrogen and oxygen atoms in total. The fourth-order valence-electron chi connectivity index (χ4n) is 2.28. The summed E-state index contributed by atoms with van der Waals surface area (Å²) in [5.41, 5.74) is 6.78. The van der Waals surface area contributed by atoms with Crippen LogP contribution in [0.5, 0.6) is 0 Å². The van der Waals surface area contributed by atoms with Crippen LogP contribution in [0.4, 0.5) is 5.69 Å². The summed E-state index contributed by atoms with van der Waals surface area (Å²) in [4.78, 5) is 23.4. The molecule has 1 aromatic rings. The number of hydrogen-bond donors (Lipinski definition) is 4. The van der Waals surface area contributed by atoms with Gasteiger partial charge in [-0.15, -0.1) is 0 Å². The fourth-order valence-corrected chi connectivity index (χ4v) is 2.45. The first-order valence-electron chi connectivity index (χ1n) is 8.17. The van der Waals surface area contributed by atoms with Crippen molar-refractivity contribution in [1.82, 2.24) is 5.32 Å². The molecule has 1 amide bonds. The second kappa shape index (κ2) is 11.0. The molecule has 0 saturated carbocycles. The Morgan fingerprint density at radius 1 is 1.25 bits per heavy atom. The number of benzene rings is 1. The molecule has 1 atom stereocenters. The highest BCUT2D eigenvalue weighted by Crippen LogP contribution is 2.23. The first-order chi connectivity index (χ1) is 11.5. The molecule has 0 radical (unpaired) electrons. The molecule has 24 heavy (non-hydrogen) atoms. The molecule has 0 spiro atoms. The SMILES string of the molecule is Cc1c(Cl)cccc1NC(=O)C[C@@H](NCCCCCCN)C(=O)O. The highest BCUT2D eigenvalue weighted by atomic mass is 35.5. The minimum atomic E-state index is -1.03. The summed E-state index contributed by atoms with van der Waals surface area (Å²) in [6, 6.07) is 4.30. The van der Waals surface area contributed by atoms with Gasteiger partial charge < -0.3 is 21.5 Å². The number of halogens is 1. The molecule has 134 valence electrons. The minimum Gasteiger partial charge on any atom is -0.480 e. The molecular formula is C17H26ClN3O3. The summed E-state index contributed by atoms with van der Waals surface area (Å²) >= 11 is 6.01. The first kappa shape index (κ1) is 20.4. The number of hydrogen-bond acceptors (Lipinski definition) is 4. The van der Waals surface area contributed by atoms with Crippen molar-refractivity contribution in [1.29, 1.82) is 0 Å². The van der Waals surface area contributed by atoms with Crippen molar-refractivity contribution >= 4 is 29.2 Å². The van der Waals surface area contributed by atoms with E-state index >= 15 is 0 Å². The van der Waals surface area contributed by atoms with E-state index in [1.165, 1.54) is 0 Å². The number of carboxylic acids is 1. The van der Waals surface area contributed by atoms with Gasteiger partial charge in [-0.2, -0.15) is 0 Å². The van der Waals surface area contributed by atoms with E-state index < -0.39 is 12.0 Å². The number of nitrogens with two attached hydrogens (primary N) is 1. The van der Waals surface area contributed by atoms with Crippen LogP contribution in [0.15, 0.2) is 18.2 Å². The molecule has 0 bridgehead atoms. The van der Waals surface area contributed by atoms with Gasteiger partial charge in [-0.1, -0.05) is 30.5 Å². The van der Waals surface area contributed by atoms with E-state index in [0.717, 1.165) is 31.2 Å². The Kier molecular flexibility index (Phi) is 9.37. The number of carbonyl (C=O) groups is 2. The molecular weight excluding hydrogens is 330 g/mol. The summed E-state index contributed by atoms with van der Waals surface area (Å²) in [6.07, 6.45) is 3.72. The van der Waals surface area contributed by atoms with Crippen molar-refractivity contribution in [2.24, 2.45) is 5.73 Å². The highest BCUT2D eigenvalue weighted by Gasteiger charge is 2.20. The van der Waals surface area contributed by atoms with Crippen molar-refractivity contribution < 1.29 is 14.7 Å². The quantitative estimate of drug-likeness (QED) is 0.456. The van der Waals surface area contributed by atoms with Gasteiger partial charge >= 0.3 is 5.97 Å². The van der Waals surface area contributed by atoms with Crippen molar-refractivity contribution in [3.05, 3.63) is 28.8 Å². The highest BCUT2D eigenvalue weighted by molar-refractivity contribution is 6.31. The van der Waals surface area contributed by atoms with Crippen molar-refractivity contribution in [3.8, 4) is 0 Å². The zero-order valence-electron chi connectivity index (χ0n) is 14.0. The van der Waals surface area contributed by atoms with Gasteiger partial charge in [-0.25, -0.2) is 0 Å². The Balaban J connectivity index is 2.45. The fraction of sp³-hybridized carbons (Fsp3) is 0.529. The molecule has 5 N–H and O–H groups in total. The lowest BCUT2D eigenvalue weighted by Crippen LogP contribution is -2.40. The normalized spacial score (nSPS) is 12.0. The third-order valence-corrected chi connectivity index (χ3v) is 4.16. The van der Waals surface area contributed by atoms with Crippen LogP contribution in [0.2, 0.25) is 5.02 Å². The van der Waals surface area contributed by atoms with Gasteiger partial charge in [0.2, 0.25) is 5.91 Å². The van der Waals surface area contributed by atoms with Crippen LogP contribution in [0.1, 0.15) is 37.7 Å². The first-order valence-corrected chi connectivity index (χ1v) is 8.54. The van der Waals surface area contributed by atoms with Crippen LogP contribution >= 0.6 is 11.6 Å². The van der Waals surface area contributed by atoms with E-state index in [1.807, 2.05) is 0 Å². The van der Waals surface area contributed by atoms with Crippen molar-refractivity contribution in [2.75, 3.05) is 18.4 Å². The number of unbranched alkanes of at least 4 members (excludes halogenated alkanes) is 3. The molecule has 0 unspecified atom stereocenters. The van der Waals surface area contributed by atoms with Crippen molar-refractivity contribution in [3.63, 3.8) is 0 Å². The van der Waals surface area contributed by atoms with Crippen LogP contribution in [0, 0.1) is 6.92 Å². The third kappa shape index (κ3) is 7.29. The summed E-state index contributed by atoms with van der Waals surface area (Å²) in [5, 5.41) is 15.4. The Morgan fingerprint density at radius 3 is 2.62 bits per heavy atom. The van der Waals surface area contributed by atoms with Gasteiger partial charge in [-0.05, 0) is 50.6 Å². The lowest BCUT2D eigenvalue weighted by molar-refractivity contribution is -0.141. The van der Waals surface area contributed by atoms with Crippen molar-refractivity contribution in [2.45, 2.75) is 45.1 Å². The Hall–Kier alpha value is -1.63. The van der Waals surface area contributed by atoms with Crippen LogP contribution in [0.25, 0.3) is 0 Å². The molecule has 0 aliphatic carbocycles. The van der Waals surface area contributed by atoms with Crippen LogP contribution in [-0.2, 0) is 9.59 Å². The van der Waals surface area contributed by atoms with E-state index in [-0.39, 0.29) is 12.3 Å². The van der Waals surface area contributed by atoms with E-state index in [2.05, 4.69) is 10.6 Å².